The van der Waals surface area contributed by atoms with E-state index in [-0.39, 0.29) is 0 Å². The lowest BCUT2D eigenvalue weighted by atomic mass is 10.8. The molecule has 62 valence electrons. The quantitative estimate of drug-likeness (QED) is 0.493. The number of rotatable bonds is 4. The lowest BCUT2D eigenvalue weighted by molar-refractivity contribution is 0.503. The van der Waals surface area contributed by atoms with Gasteiger partial charge in [0.05, 0.1) is 0 Å². The molecule has 1 unspecified atom stereocenters. The van der Waals surface area contributed by atoms with Crippen molar-refractivity contribution in [3.8, 4) is 0 Å². The molecule has 10 heavy (non-hydrogen) atoms. The van der Waals surface area contributed by atoms with Gasteiger partial charge >= 0.3 is 0 Å². The van der Waals surface area contributed by atoms with Crippen LogP contribution in [0.5, 0.6) is 0 Å². The van der Waals surface area contributed by atoms with Gasteiger partial charge in [0.2, 0.25) is 0 Å². The zero-order valence-electron chi connectivity index (χ0n) is 6.17. The third-order valence-corrected chi connectivity index (χ3v) is 3.08. The third-order valence-electron chi connectivity index (χ3n) is 1.03. The van der Waals surface area contributed by atoms with Crippen LogP contribution in [0.1, 0.15) is 0 Å². The van der Waals surface area contributed by atoms with Crippen molar-refractivity contribution >= 4 is 19.2 Å². The zero-order valence-corrected chi connectivity index (χ0v) is 7.82. The molecule has 0 aromatic heterocycles. The Kier molecular flexibility index (Phi) is 4.49. The second-order valence-electron chi connectivity index (χ2n) is 2.07. The fourth-order valence-corrected chi connectivity index (χ4v) is 1.29. The van der Waals surface area contributed by atoms with Crippen LogP contribution >= 0.6 is 19.2 Å². The van der Waals surface area contributed by atoms with E-state index < -0.39 is 7.59 Å². The average molecular weight is 186 g/mol. The van der Waals surface area contributed by atoms with Crippen LogP contribution in [0.25, 0.3) is 0 Å². The Morgan fingerprint density at radius 2 is 2.20 bits per heavy atom. The van der Waals surface area contributed by atoms with Crippen molar-refractivity contribution in [1.29, 1.82) is 0 Å². The molecule has 0 aliphatic rings. The van der Waals surface area contributed by atoms with Gasteiger partial charge in [0, 0.05) is 12.4 Å². The Morgan fingerprint density at radius 1 is 1.70 bits per heavy atom. The summed E-state index contributed by atoms with van der Waals surface area (Å²) in [6.45, 7) is 0.466. The van der Waals surface area contributed by atoms with E-state index in [2.05, 4.69) is 5.09 Å². The van der Waals surface area contributed by atoms with Gasteiger partial charge in [0.1, 0.15) is 0 Å². The number of halogens is 1. The van der Waals surface area contributed by atoms with Crippen molar-refractivity contribution < 1.29 is 4.57 Å². The standard InChI is InChI=1S/C4H13ClN3OP/c1-8(2)10(6,9)7-4-3-5/h3-4H2,1-2H3,(H3,6,7,9). The first-order valence-electron chi connectivity index (χ1n) is 2.88. The Bertz CT molecular complexity index is 140. The molecule has 0 amide bonds. The Balaban J connectivity index is 3.76. The molecule has 0 aromatic rings. The number of nitrogens with zero attached hydrogens (tertiary/aromatic N) is 1. The van der Waals surface area contributed by atoms with Gasteiger partial charge in [-0.1, -0.05) is 0 Å². The molecule has 0 aliphatic heterocycles. The van der Waals surface area contributed by atoms with Gasteiger partial charge in [0.25, 0.3) is 7.59 Å². The van der Waals surface area contributed by atoms with Crippen molar-refractivity contribution in [2.24, 2.45) is 5.50 Å². The minimum atomic E-state index is -2.78. The summed E-state index contributed by atoms with van der Waals surface area (Å²) >= 11 is 5.35. The predicted octanol–water partition coefficient (Wildman–Crippen LogP) is 0.443. The number of nitrogens with two attached hydrogens (primary N) is 1. The van der Waals surface area contributed by atoms with Gasteiger partial charge in [-0.2, -0.15) is 0 Å². The molecule has 0 rings (SSSR count). The average Bonchev–Trinajstić information content (AvgIpc) is 1.84. The molecule has 3 N–H and O–H groups in total. The van der Waals surface area contributed by atoms with Crippen LogP contribution in [0, 0.1) is 0 Å². The highest BCUT2D eigenvalue weighted by Gasteiger charge is 2.16. The van der Waals surface area contributed by atoms with E-state index in [1.165, 1.54) is 4.67 Å². The van der Waals surface area contributed by atoms with Gasteiger partial charge < -0.3 is 0 Å². The van der Waals surface area contributed by atoms with Gasteiger partial charge in [-0.05, 0) is 14.1 Å². The number of nitrogens with one attached hydrogen (secondary N) is 1. The Morgan fingerprint density at radius 3 is 2.50 bits per heavy atom. The fourth-order valence-electron chi connectivity index (χ4n) is 0.344. The normalized spacial score (nSPS) is 17.3. The zero-order chi connectivity index (χ0) is 8.20. The van der Waals surface area contributed by atoms with Crippen LogP contribution in [-0.4, -0.2) is 31.2 Å². The van der Waals surface area contributed by atoms with Crippen molar-refractivity contribution in [1.82, 2.24) is 9.76 Å². The molecular formula is C4H13ClN3OP. The Labute approximate surface area is 66.2 Å². The molecule has 6 heteroatoms. The van der Waals surface area contributed by atoms with Crippen LogP contribution < -0.4 is 10.6 Å². The maximum atomic E-state index is 11.2. The summed E-state index contributed by atoms with van der Waals surface area (Å²) in [5, 5.41) is 2.64. The molecule has 0 fully saturated rings. The largest absolute Gasteiger partial charge is 0.278 e. The first-order chi connectivity index (χ1) is 4.50. The smallest absolute Gasteiger partial charge is 0.271 e. The molecule has 0 saturated heterocycles. The highest BCUT2D eigenvalue weighted by atomic mass is 35.5. The van der Waals surface area contributed by atoms with Gasteiger partial charge in [-0.3, -0.25) is 10.1 Å². The van der Waals surface area contributed by atoms with Gasteiger partial charge in [0.15, 0.2) is 0 Å². The minimum Gasteiger partial charge on any atom is -0.271 e. The summed E-state index contributed by atoms with van der Waals surface area (Å²) in [5.41, 5.74) is 5.36. The van der Waals surface area contributed by atoms with Crippen LogP contribution in [0.2, 0.25) is 0 Å². The summed E-state index contributed by atoms with van der Waals surface area (Å²) in [6.07, 6.45) is 0. The molecule has 0 bridgehead atoms. The molecule has 1 atom stereocenters. The molecule has 0 saturated carbocycles. The predicted molar refractivity (Wildman–Crippen MR) is 44.2 cm³/mol. The minimum absolute atomic E-state index is 0.412. The van der Waals surface area contributed by atoms with Gasteiger partial charge in [-0.15, -0.1) is 11.6 Å². The third kappa shape index (κ3) is 3.54. The fraction of sp³-hybridized carbons (Fsp3) is 1.00. The number of alkyl halides is 1. The summed E-state index contributed by atoms with van der Waals surface area (Å²) in [7, 11) is 0.527. The first kappa shape index (κ1) is 10.4. The molecule has 0 heterocycles. The monoisotopic (exact) mass is 185 g/mol. The van der Waals surface area contributed by atoms with Crippen LogP contribution in [0.15, 0.2) is 0 Å². The first-order valence-corrected chi connectivity index (χ1v) is 5.14. The van der Waals surface area contributed by atoms with Crippen LogP contribution in [0.4, 0.5) is 0 Å². The topological polar surface area (TPSA) is 58.4 Å². The number of hydrogen-bond donors (Lipinski definition) is 2. The lowest BCUT2D eigenvalue weighted by Gasteiger charge is -2.19. The van der Waals surface area contributed by atoms with E-state index >= 15 is 0 Å². The van der Waals surface area contributed by atoms with Crippen molar-refractivity contribution in [3.05, 3.63) is 0 Å². The van der Waals surface area contributed by atoms with E-state index in [1.54, 1.807) is 14.1 Å². The van der Waals surface area contributed by atoms with Gasteiger partial charge in [-0.25, -0.2) is 9.76 Å². The second-order valence-corrected chi connectivity index (χ2v) is 4.81. The maximum Gasteiger partial charge on any atom is 0.278 e. The van der Waals surface area contributed by atoms with E-state index in [1.807, 2.05) is 0 Å². The van der Waals surface area contributed by atoms with E-state index in [0.29, 0.717) is 12.4 Å². The lowest BCUT2D eigenvalue weighted by Crippen LogP contribution is -2.28. The van der Waals surface area contributed by atoms with E-state index in [0.717, 1.165) is 0 Å². The molecule has 0 aromatic carbocycles. The van der Waals surface area contributed by atoms with Crippen LogP contribution in [0.3, 0.4) is 0 Å². The van der Waals surface area contributed by atoms with E-state index in [4.69, 9.17) is 17.1 Å². The van der Waals surface area contributed by atoms with Crippen molar-refractivity contribution in [3.63, 3.8) is 0 Å². The summed E-state index contributed by atoms with van der Waals surface area (Å²) in [6, 6.07) is 0. The summed E-state index contributed by atoms with van der Waals surface area (Å²) < 4.78 is 12.7. The van der Waals surface area contributed by atoms with Crippen molar-refractivity contribution in [2.45, 2.75) is 0 Å². The second kappa shape index (κ2) is 4.31. The Hall–Kier alpha value is 0.400. The summed E-state index contributed by atoms with van der Waals surface area (Å²) in [4.78, 5) is 0. The SMILES string of the molecule is CN(C)P(N)(=O)NCCCl. The molecule has 0 spiro atoms. The molecular weight excluding hydrogens is 172 g/mol. The highest BCUT2D eigenvalue weighted by Crippen LogP contribution is 2.31. The van der Waals surface area contributed by atoms with E-state index in [9.17, 15) is 4.57 Å². The maximum absolute atomic E-state index is 11.2. The molecule has 0 aliphatic carbocycles. The number of hydrogen-bond acceptors (Lipinski definition) is 1. The van der Waals surface area contributed by atoms with Crippen LogP contribution in [-0.2, 0) is 4.57 Å². The highest BCUT2D eigenvalue weighted by molar-refractivity contribution is 7.56. The molecule has 0 radical (unpaired) electrons. The summed E-state index contributed by atoms with van der Waals surface area (Å²) in [5.74, 6) is 0.412. The molecule has 4 nitrogen and oxygen atoms in total. The van der Waals surface area contributed by atoms with Crippen molar-refractivity contribution in [2.75, 3.05) is 26.5 Å².